The SMILES string of the molecule is CC1(C)CC2=CC3=C(C[C@](C)(OC(=O)[C@H](O)[C@@H](NC(=O)OC(C)(C)C)c4ccccc4)[C@H]2C1)C(=O)OC3. The monoisotopic (exact) mass is 511 g/mol. The van der Waals surface area contributed by atoms with Gasteiger partial charge in [0.1, 0.15) is 17.8 Å². The lowest BCUT2D eigenvalue weighted by Gasteiger charge is -2.37. The van der Waals surface area contributed by atoms with Crippen LogP contribution in [0, 0.1) is 11.3 Å². The number of hydrogen-bond acceptors (Lipinski definition) is 7. The summed E-state index contributed by atoms with van der Waals surface area (Å²) in [5.41, 5.74) is 1.14. The van der Waals surface area contributed by atoms with E-state index in [0.29, 0.717) is 11.1 Å². The van der Waals surface area contributed by atoms with E-state index in [4.69, 9.17) is 14.2 Å². The van der Waals surface area contributed by atoms with Crippen molar-refractivity contribution >= 4 is 18.0 Å². The Morgan fingerprint density at radius 1 is 1.14 bits per heavy atom. The van der Waals surface area contributed by atoms with E-state index in [1.165, 1.54) is 0 Å². The molecule has 8 heteroatoms. The first-order valence-corrected chi connectivity index (χ1v) is 12.7. The third kappa shape index (κ3) is 5.90. The highest BCUT2D eigenvalue weighted by Gasteiger charge is 2.52. The number of carbonyl (C=O) groups is 3. The normalized spacial score (nSPS) is 26.2. The number of fused-ring (bicyclic) bond motifs is 1. The van der Waals surface area contributed by atoms with Gasteiger partial charge in [-0.3, -0.25) is 0 Å². The minimum Gasteiger partial charge on any atom is -0.457 e. The minimum absolute atomic E-state index is 0.00480. The second kappa shape index (κ2) is 9.63. The van der Waals surface area contributed by atoms with Gasteiger partial charge in [-0.2, -0.15) is 0 Å². The van der Waals surface area contributed by atoms with E-state index in [0.717, 1.165) is 24.0 Å². The van der Waals surface area contributed by atoms with Crippen LogP contribution in [0.3, 0.4) is 0 Å². The molecule has 37 heavy (non-hydrogen) atoms. The molecule has 1 fully saturated rings. The Hall–Kier alpha value is -3.13. The molecule has 4 rings (SSSR count). The number of cyclic esters (lactones) is 1. The van der Waals surface area contributed by atoms with Crippen LogP contribution in [0.2, 0.25) is 0 Å². The van der Waals surface area contributed by atoms with Crippen LogP contribution in [0.4, 0.5) is 4.79 Å². The topological polar surface area (TPSA) is 111 Å². The largest absolute Gasteiger partial charge is 0.457 e. The van der Waals surface area contributed by atoms with Crippen molar-refractivity contribution in [2.75, 3.05) is 6.61 Å². The van der Waals surface area contributed by atoms with Crippen LogP contribution in [0.1, 0.15) is 72.4 Å². The Morgan fingerprint density at radius 2 is 1.81 bits per heavy atom. The Morgan fingerprint density at radius 3 is 2.46 bits per heavy atom. The standard InChI is InChI=1S/C29H37NO7/c1-27(2,3)37-26(34)30-22(17-10-8-7-9-11-17)23(31)25(33)36-29(6)14-20-19(16-35-24(20)32)12-18-13-28(4,5)15-21(18)29/h7-12,21-23,31H,13-16H2,1-6H3,(H,30,34)/t21-,22-,23+,29-/m0/s1. The maximum absolute atomic E-state index is 13.5. The van der Waals surface area contributed by atoms with Crippen molar-refractivity contribution in [3.8, 4) is 0 Å². The lowest BCUT2D eigenvalue weighted by Crippen LogP contribution is -2.47. The molecule has 1 aliphatic heterocycles. The number of amides is 1. The second-order valence-electron chi connectivity index (χ2n) is 12.3. The summed E-state index contributed by atoms with van der Waals surface area (Å²) in [6.07, 6.45) is 1.33. The van der Waals surface area contributed by atoms with Crippen LogP contribution in [-0.2, 0) is 23.8 Å². The molecule has 2 aliphatic carbocycles. The number of hydrogen-bond donors (Lipinski definition) is 2. The van der Waals surface area contributed by atoms with Gasteiger partial charge in [0.15, 0.2) is 6.10 Å². The average Bonchev–Trinajstić information content (AvgIpc) is 3.26. The fourth-order valence-corrected chi connectivity index (χ4v) is 5.63. The maximum atomic E-state index is 13.5. The molecule has 1 aromatic carbocycles. The van der Waals surface area contributed by atoms with Crippen LogP contribution in [0.5, 0.6) is 0 Å². The molecule has 0 unspecified atom stereocenters. The van der Waals surface area contributed by atoms with Gasteiger partial charge < -0.3 is 24.6 Å². The number of carbonyl (C=O) groups excluding carboxylic acids is 3. The van der Waals surface area contributed by atoms with Crippen LogP contribution in [0.15, 0.2) is 53.1 Å². The quantitative estimate of drug-likeness (QED) is 0.441. The van der Waals surface area contributed by atoms with E-state index in [2.05, 4.69) is 19.2 Å². The summed E-state index contributed by atoms with van der Waals surface area (Å²) in [5.74, 6) is -1.40. The van der Waals surface area contributed by atoms with E-state index in [-0.39, 0.29) is 24.4 Å². The van der Waals surface area contributed by atoms with Crippen molar-refractivity contribution in [1.29, 1.82) is 0 Å². The number of aliphatic hydroxyl groups is 1. The number of aliphatic hydroxyl groups excluding tert-OH is 1. The fraction of sp³-hybridized carbons (Fsp3) is 0.552. The highest BCUT2D eigenvalue weighted by Crippen LogP contribution is 2.54. The van der Waals surface area contributed by atoms with Gasteiger partial charge in [-0.25, -0.2) is 14.4 Å². The molecule has 8 nitrogen and oxygen atoms in total. The molecule has 0 spiro atoms. The Balaban J connectivity index is 1.62. The summed E-state index contributed by atoms with van der Waals surface area (Å²) in [7, 11) is 0. The predicted molar refractivity (Wildman–Crippen MR) is 136 cm³/mol. The van der Waals surface area contributed by atoms with Crippen LogP contribution >= 0.6 is 0 Å². The third-order valence-electron chi connectivity index (χ3n) is 7.23. The summed E-state index contributed by atoms with van der Waals surface area (Å²) in [6.45, 7) is 11.6. The fourth-order valence-electron chi connectivity index (χ4n) is 5.63. The maximum Gasteiger partial charge on any atom is 0.408 e. The minimum atomic E-state index is -1.71. The summed E-state index contributed by atoms with van der Waals surface area (Å²) in [5, 5.41) is 13.8. The number of rotatable bonds is 5. The Kier molecular flexibility index (Phi) is 7.01. The summed E-state index contributed by atoms with van der Waals surface area (Å²) in [6, 6.07) is 7.62. The molecule has 0 aromatic heterocycles. The number of nitrogens with one attached hydrogen (secondary N) is 1. The van der Waals surface area contributed by atoms with Crippen molar-refractivity contribution in [2.24, 2.45) is 11.3 Å². The van der Waals surface area contributed by atoms with Gasteiger partial charge in [-0.15, -0.1) is 0 Å². The zero-order chi connectivity index (χ0) is 27.2. The van der Waals surface area contributed by atoms with Gasteiger partial charge in [0.25, 0.3) is 0 Å². The number of benzene rings is 1. The molecular formula is C29H37NO7. The average molecular weight is 512 g/mol. The first-order valence-electron chi connectivity index (χ1n) is 12.7. The molecule has 1 heterocycles. The van der Waals surface area contributed by atoms with E-state index in [1.807, 2.05) is 13.0 Å². The zero-order valence-corrected chi connectivity index (χ0v) is 22.4. The van der Waals surface area contributed by atoms with Gasteiger partial charge in [0.2, 0.25) is 0 Å². The van der Waals surface area contributed by atoms with E-state index >= 15 is 0 Å². The van der Waals surface area contributed by atoms with Crippen molar-refractivity contribution in [1.82, 2.24) is 5.32 Å². The number of esters is 2. The summed E-state index contributed by atoms with van der Waals surface area (Å²) >= 11 is 0. The molecule has 2 N–H and O–H groups in total. The summed E-state index contributed by atoms with van der Waals surface area (Å²) in [4.78, 5) is 38.6. The molecule has 0 radical (unpaired) electrons. The van der Waals surface area contributed by atoms with E-state index < -0.39 is 41.4 Å². The molecular weight excluding hydrogens is 474 g/mol. The molecule has 200 valence electrons. The lowest BCUT2D eigenvalue weighted by molar-refractivity contribution is -0.175. The summed E-state index contributed by atoms with van der Waals surface area (Å²) < 4.78 is 16.7. The van der Waals surface area contributed by atoms with Crippen LogP contribution in [0.25, 0.3) is 0 Å². The zero-order valence-electron chi connectivity index (χ0n) is 22.4. The predicted octanol–water partition coefficient (Wildman–Crippen LogP) is 4.53. The first kappa shape index (κ1) is 26.9. The number of alkyl carbamates (subject to hydrolysis) is 1. The molecule has 1 amide bonds. The van der Waals surface area contributed by atoms with Crippen LogP contribution < -0.4 is 5.32 Å². The highest BCUT2D eigenvalue weighted by molar-refractivity contribution is 5.93. The van der Waals surface area contributed by atoms with Crippen molar-refractivity contribution in [2.45, 2.75) is 84.2 Å². The smallest absolute Gasteiger partial charge is 0.408 e. The Bertz CT molecular complexity index is 1140. The van der Waals surface area contributed by atoms with Crippen molar-refractivity contribution in [3.63, 3.8) is 0 Å². The van der Waals surface area contributed by atoms with Gasteiger partial charge >= 0.3 is 18.0 Å². The van der Waals surface area contributed by atoms with Gasteiger partial charge in [0.05, 0.1) is 6.04 Å². The van der Waals surface area contributed by atoms with Gasteiger partial charge in [-0.1, -0.05) is 55.8 Å². The van der Waals surface area contributed by atoms with Gasteiger partial charge in [-0.05, 0) is 57.1 Å². The van der Waals surface area contributed by atoms with Crippen molar-refractivity contribution < 1.29 is 33.7 Å². The molecule has 0 saturated heterocycles. The third-order valence-corrected chi connectivity index (χ3v) is 7.23. The molecule has 0 bridgehead atoms. The van der Waals surface area contributed by atoms with Crippen LogP contribution in [-0.4, -0.2) is 47.1 Å². The van der Waals surface area contributed by atoms with Crippen molar-refractivity contribution in [3.05, 3.63) is 58.7 Å². The molecule has 1 saturated carbocycles. The van der Waals surface area contributed by atoms with Gasteiger partial charge in [0, 0.05) is 17.9 Å². The lowest BCUT2D eigenvalue weighted by atomic mass is 9.79. The molecule has 3 aliphatic rings. The Labute approximate surface area is 218 Å². The van der Waals surface area contributed by atoms with E-state index in [1.54, 1.807) is 51.1 Å². The highest BCUT2D eigenvalue weighted by atomic mass is 16.6. The first-order chi connectivity index (χ1) is 17.2. The van der Waals surface area contributed by atoms with E-state index in [9.17, 15) is 19.5 Å². The molecule has 4 atom stereocenters. The number of ether oxygens (including phenoxy) is 3. The molecule has 1 aromatic rings. The second-order valence-corrected chi connectivity index (χ2v) is 12.3.